The Labute approximate surface area is 155 Å². The van der Waals surface area contributed by atoms with Crippen LogP contribution in [-0.4, -0.2) is 62.0 Å². The summed E-state index contributed by atoms with van der Waals surface area (Å²) in [6, 6.07) is 6.54. The molecule has 0 aromatic heterocycles. The van der Waals surface area contributed by atoms with Crippen molar-refractivity contribution in [2.24, 2.45) is 0 Å². The minimum atomic E-state index is -0.392. The highest BCUT2D eigenvalue weighted by atomic mass is 16.5. The van der Waals surface area contributed by atoms with Gasteiger partial charge in [0.25, 0.3) is 11.8 Å². The minimum absolute atomic E-state index is 0.0355. The summed E-state index contributed by atoms with van der Waals surface area (Å²) in [6.07, 6.45) is -0.181. The molecule has 0 radical (unpaired) electrons. The molecule has 7 nitrogen and oxygen atoms in total. The Morgan fingerprint density at radius 2 is 1.65 bits per heavy atom. The Morgan fingerprint density at radius 3 is 2.15 bits per heavy atom. The highest BCUT2D eigenvalue weighted by Crippen LogP contribution is 2.11. The molecule has 0 aliphatic carbocycles. The summed E-state index contributed by atoms with van der Waals surface area (Å²) in [5.41, 5.74) is 1.03. The van der Waals surface area contributed by atoms with E-state index in [4.69, 9.17) is 4.74 Å². The van der Waals surface area contributed by atoms with E-state index >= 15 is 0 Å². The Hall–Kier alpha value is -2.41. The Morgan fingerprint density at radius 1 is 1.08 bits per heavy atom. The zero-order valence-electron chi connectivity index (χ0n) is 16.3. The first kappa shape index (κ1) is 21.6. The van der Waals surface area contributed by atoms with Crippen LogP contribution >= 0.6 is 0 Å². The van der Waals surface area contributed by atoms with Crippen molar-refractivity contribution in [3.05, 3.63) is 29.8 Å². The van der Waals surface area contributed by atoms with Gasteiger partial charge in [-0.1, -0.05) is 0 Å². The first-order chi connectivity index (χ1) is 12.3. The third-order valence-corrected chi connectivity index (χ3v) is 3.78. The highest BCUT2D eigenvalue weighted by Gasteiger charge is 2.18. The standard InChI is InChI=1S/C19H29N3O4/c1-6-22(7-2)18(24)13-21(5)12-17(23)20-16-10-8-15(9-11-16)19(25)26-14(3)4/h8-11,14H,6-7,12-13H2,1-5H3,(H,20,23)/p+1. The van der Waals surface area contributed by atoms with Crippen LogP contribution in [0.15, 0.2) is 24.3 Å². The van der Waals surface area contributed by atoms with Gasteiger partial charge < -0.3 is 19.9 Å². The Kier molecular flexibility index (Phi) is 8.78. The van der Waals surface area contributed by atoms with Gasteiger partial charge in [0.2, 0.25) is 0 Å². The molecular weight excluding hydrogens is 334 g/mol. The molecule has 2 amide bonds. The number of ether oxygens (including phenoxy) is 1. The van der Waals surface area contributed by atoms with Crippen LogP contribution in [0.4, 0.5) is 5.69 Å². The molecular formula is C19H30N3O4+. The van der Waals surface area contributed by atoms with Gasteiger partial charge in [-0.05, 0) is 52.0 Å². The molecule has 1 aromatic carbocycles. The number of carbonyl (C=O) groups excluding carboxylic acids is 3. The molecule has 0 bridgehead atoms. The number of nitrogens with zero attached hydrogens (tertiary/aromatic N) is 1. The number of anilines is 1. The number of amides is 2. The first-order valence-corrected chi connectivity index (χ1v) is 8.96. The van der Waals surface area contributed by atoms with Gasteiger partial charge in [0.1, 0.15) is 0 Å². The van der Waals surface area contributed by atoms with Gasteiger partial charge in [-0.25, -0.2) is 4.79 Å². The summed E-state index contributed by atoms with van der Waals surface area (Å²) < 4.78 is 5.12. The van der Waals surface area contributed by atoms with E-state index in [0.29, 0.717) is 24.3 Å². The molecule has 1 atom stereocenters. The van der Waals surface area contributed by atoms with Crippen molar-refractivity contribution in [1.29, 1.82) is 0 Å². The molecule has 1 aromatic rings. The van der Waals surface area contributed by atoms with Crippen molar-refractivity contribution in [3.63, 3.8) is 0 Å². The van der Waals surface area contributed by atoms with Crippen molar-refractivity contribution < 1.29 is 24.0 Å². The summed E-state index contributed by atoms with van der Waals surface area (Å²) >= 11 is 0. The number of carbonyl (C=O) groups is 3. The molecule has 144 valence electrons. The molecule has 0 aliphatic heterocycles. The molecule has 0 saturated heterocycles. The molecule has 26 heavy (non-hydrogen) atoms. The van der Waals surface area contributed by atoms with E-state index in [1.807, 2.05) is 20.9 Å². The molecule has 2 N–H and O–H groups in total. The van der Waals surface area contributed by atoms with Crippen LogP contribution < -0.4 is 10.2 Å². The number of hydrogen-bond acceptors (Lipinski definition) is 4. The maximum atomic E-state index is 12.1. The molecule has 1 rings (SSSR count). The fourth-order valence-electron chi connectivity index (χ4n) is 2.46. The number of likely N-dealkylation sites (N-methyl/N-ethyl adjacent to an activating group) is 2. The Bertz CT molecular complexity index is 610. The molecule has 0 aliphatic rings. The number of benzene rings is 1. The van der Waals surface area contributed by atoms with E-state index in [9.17, 15) is 14.4 Å². The van der Waals surface area contributed by atoms with Gasteiger partial charge in [-0.15, -0.1) is 0 Å². The zero-order chi connectivity index (χ0) is 19.7. The van der Waals surface area contributed by atoms with Crippen LogP contribution in [-0.2, 0) is 14.3 Å². The maximum Gasteiger partial charge on any atom is 0.338 e. The van der Waals surface area contributed by atoms with Crippen molar-refractivity contribution in [3.8, 4) is 0 Å². The van der Waals surface area contributed by atoms with Gasteiger partial charge >= 0.3 is 5.97 Å². The zero-order valence-corrected chi connectivity index (χ0v) is 16.3. The average molecular weight is 364 g/mol. The van der Waals surface area contributed by atoms with Crippen LogP contribution in [0.5, 0.6) is 0 Å². The number of nitrogens with one attached hydrogen (secondary N) is 2. The highest BCUT2D eigenvalue weighted by molar-refractivity contribution is 5.93. The maximum absolute atomic E-state index is 12.1. The molecule has 0 heterocycles. The van der Waals surface area contributed by atoms with Crippen molar-refractivity contribution >= 4 is 23.5 Å². The van der Waals surface area contributed by atoms with E-state index in [0.717, 1.165) is 4.90 Å². The lowest BCUT2D eigenvalue weighted by atomic mass is 10.2. The second kappa shape index (κ2) is 10.6. The Balaban J connectivity index is 2.52. The fraction of sp³-hybridized carbons (Fsp3) is 0.526. The topological polar surface area (TPSA) is 80.2 Å². The predicted octanol–water partition coefficient (Wildman–Crippen LogP) is 0.573. The van der Waals surface area contributed by atoms with Crippen LogP contribution in [0.1, 0.15) is 38.1 Å². The third-order valence-electron chi connectivity index (χ3n) is 3.78. The van der Waals surface area contributed by atoms with Gasteiger partial charge in [0.15, 0.2) is 13.1 Å². The normalized spacial score (nSPS) is 11.8. The lowest BCUT2D eigenvalue weighted by Crippen LogP contribution is -3.11. The third kappa shape index (κ3) is 7.23. The largest absolute Gasteiger partial charge is 0.459 e. The van der Waals surface area contributed by atoms with Crippen molar-refractivity contribution in [2.75, 3.05) is 38.5 Å². The SMILES string of the molecule is CCN(CC)C(=O)C[NH+](C)CC(=O)Nc1ccc(C(=O)OC(C)C)cc1. The summed E-state index contributed by atoms with van der Waals surface area (Å²) in [7, 11) is 1.81. The lowest BCUT2D eigenvalue weighted by molar-refractivity contribution is -0.862. The quantitative estimate of drug-likeness (QED) is 0.628. The molecule has 1 unspecified atom stereocenters. The molecule has 7 heteroatoms. The monoisotopic (exact) mass is 364 g/mol. The summed E-state index contributed by atoms with van der Waals surface area (Å²) in [5, 5.41) is 2.77. The first-order valence-electron chi connectivity index (χ1n) is 8.96. The lowest BCUT2D eigenvalue weighted by Gasteiger charge is -2.20. The van der Waals surface area contributed by atoms with Crippen LogP contribution in [0, 0.1) is 0 Å². The van der Waals surface area contributed by atoms with E-state index in [1.165, 1.54) is 0 Å². The number of hydrogen-bond donors (Lipinski definition) is 2. The number of quaternary nitrogens is 1. The minimum Gasteiger partial charge on any atom is -0.459 e. The number of rotatable bonds is 9. The van der Waals surface area contributed by atoms with Gasteiger partial charge in [0, 0.05) is 18.8 Å². The second-order valence-corrected chi connectivity index (χ2v) is 6.46. The van der Waals surface area contributed by atoms with E-state index in [-0.39, 0.29) is 31.0 Å². The predicted molar refractivity (Wildman–Crippen MR) is 100 cm³/mol. The smallest absolute Gasteiger partial charge is 0.338 e. The summed E-state index contributed by atoms with van der Waals surface area (Å²) in [5.74, 6) is -0.544. The van der Waals surface area contributed by atoms with Gasteiger partial charge in [0.05, 0.1) is 18.7 Å². The van der Waals surface area contributed by atoms with E-state index in [1.54, 1.807) is 43.0 Å². The van der Waals surface area contributed by atoms with Crippen molar-refractivity contribution in [1.82, 2.24) is 4.90 Å². The summed E-state index contributed by atoms with van der Waals surface area (Å²) in [4.78, 5) is 38.5. The van der Waals surface area contributed by atoms with Crippen LogP contribution in [0.3, 0.4) is 0 Å². The number of esters is 1. The summed E-state index contributed by atoms with van der Waals surface area (Å²) in [6.45, 7) is 9.24. The molecule has 0 saturated carbocycles. The van der Waals surface area contributed by atoms with E-state index in [2.05, 4.69) is 5.32 Å². The van der Waals surface area contributed by atoms with Gasteiger partial charge in [-0.3, -0.25) is 9.59 Å². The van der Waals surface area contributed by atoms with Crippen LogP contribution in [0.25, 0.3) is 0 Å². The van der Waals surface area contributed by atoms with E-state index < -0.39 is 5.97 Å². The molecule has 0 spiro atoms. The van der Waals surface area contributed by atoms with Crippen molar-refractivity contribution in [2.45, 2.75) is 33.8 Å². The average Bonchev–Trinajstić information content (AvgIpc) is 2.55. The van der Waals surface area contributed by atoms with Gasteiger partial charge in [-0.2, -0.15) is 0 Å². The fourth-order valence-corrected chi connectivity index (χ4v) is 2.46. The van der Waals surface area contributed by atoms with Crippen LogP contribution in [0.2, 0.25) is 0 Å². The second-order valence-electron chi connectivity index (χ2n) is 6.46. The molecule has 0 fully saturated rings.